The van der Waals surface area contributed by atoms with Crippen LogP contribution in [0.4, 0.5) is 4.79 Å². The first-order valence-electron chi connectivity index (χ1n) is 18.7. The third kappa shape index (κ3) is 10.6. The molecule has 274 valence electrons. The molecule has 0 saturated carbocycles. The fraction of sp³-hybridized carbons (Fsp3) is 0.684. The first-order valence-corrected chi connectivity index (χ1v) is 18.7. The summed E-state index contributed by atoms with van der Waals surface area (Å²) in [5.41, 5.74) is 2.94. The number of hydrogen-bond acceptors (Lipinski definition) is 10. The number of carbonyl (C=O) groups excluding carboxylic acids is 2. The van der Waals surface area contributed by atoms with Crippen LogP contribution in [0, 0.1) is 5.92 Å². The van der Waals surface area contributed by atoms with Crippen LogP contribution < -0.4 is 4.74 Å². The fourth-order valence-electron chi connectivity index (χ4n) is 7.60. The van der Waals surface area contributed by atoms with Gasteiger partial charge in [0.15, 0.2) is 0 Å². The van der Waals surface area contributed by atoms with Crippen LogP contribution in [0.3, 0.4) is 0 Å². The van der Waals surface area contributed by atoms with E-state index in [0.717, 1.165) is 115 Å². The van der Waals surface area contributed by atoms with E-state index in [0.29, 0.717) is 44.7 Å². The van der Waals surface area contributed by atoms with Gasteiger partial charge < -0.3 is 28.9 Å². The maximum Gasteiger partial charge on any atom is 0.410 e. The van der Waals surface area contributed by atoms with Crippen molar-refractivity contribution in [2.45, 2.75) is 71.1 Å². The molecule has 4 aliphatic heterocycles. The number of nitrogens with zero attached hydrogens (tertiary/aromatic N) is 7. The molecule has 1 aromatic heterocycles. The Labute approximate surface area is 298 Å². The highest BCUT2D eigenvalue weighted by molar-refractivity contribution is 5.78. The fourth-order valence-corrected chi connectivity index (χ4v) is 7.60. The molecule has 0 radical (unpaired) electrons. The molecule has 0 unspecified atom stereocenters. The summed E-state index contributed by atoms with van der Waals surface area (Å²) in [4.78, 5) is 45.2. The van der Waals surface area contributed by atoms with Gasteiger partial charge in [0, 0.05) is 96.2 Å². The van der Waals surface area contributed by atoms with Crippen LogP contribution in [0.1, 0.15) is 69.2 Å². The minimum Gasteiger partial charge on any atom is -0.491 e. The second kappa shape index (κ2) is 17.3. The number of benzene rings is 1. The molecule has 3 fully saturated rings. The molecule has 4 aliphatic rings. The van der Waals surface area contributed by atoms with Gasteiger partial charge in [0.2, 0.25) is 5.91 Å². The van der Waals surface area contributed by atoms with Gasteiger partial charge in [-0.2, -0.15) is 0 Å². The van der Waals surface area contributed by atoms with Crippen LogP contribution in [0.25, 0.3) is 0 Å². The number of hydrogen-bond donors (Lipinski definition) is 0. The molecular weight excluding hydrogens is 634 g/mol. The van der Waals surface area contributed by atoms with Gasteiger partial charge in [0.05, 0.1) is 25.5 Å². The minimum atomic E-state index is -0.442. The Balaban J connectivity index is 0.821. The molecule has 0 bridgehead atoms. The zero-order chi connectivity index (χ0) is 34.9. The predicted octanol–water partition coefficient (Wildman–Crippen LogP) is 3.86. The Morgan fingerprint density at radius 1 is 0.880 bits per heavy atom. The van der Waals surface area contributed by atoms with Crippen LogP contribution in [0.2, 0.25) is 0 Å². The topological polar surface area (TPSA) is 104 Å². The molecule has 0 aliphatic carbocycles. The lowest BCUT2D eigenvalue weighted by molar-refractivity contribution is -0.133. The Kier molecular flexibility index (Phi) is 12.6. The third-order valence-electron chi connectivity index (χ3n) is 10.4. The number of ether oxygens (including phenoxy) is 3. The van der Waals surface area contributed by atoms with Crippen LogP contribution in [-0.2, 0) is 27.4 Å². The van der Waals surface area contributed by atoms with Crippen molar-refractivity contribution in [3.8, 4) is 5.75 Å². The van der Waals surface area contributed by atoms with Gasteiger partial charge in [-0.25, -0.2) is 14.8 Å². The molecular formula is C38H57N7O5. The average Bonchev–Trinajstić information content (AvgIpc) is 3.52. The second-order valence-corrected chi connectivity index (χ2v) is 15.4. The third-order valence-corrected chi connectivity index (χ3v) is 10.4. The van der Waals surface area contributed by atoms with Crippen LogP contribution >= 0.6 is 0 Å². The van der Waals surface area contributed by atoms with Gasteiger partial charge in [-0.1, -0.05) is 12.1 Å². The number of rotatable bonds is 12. The summed E-state index contributed by atoms with van der Waals surface area (Å²) in [6.45, 7) is 18.9. The highest BCUT2D eigenvalue weighted by Gasteiger charge is 2.30. The zero-order valence-corrected chi connectivity index (χ0v) is 30.4. The summed E-state index contributed by atoms with van der Waals surface area (Å²) < 4.78 is 17.6. The normalized spacial score (nSPS) is 21.3. The Morgan fingerprint density at radius 2 is 1.68 bits per heavy atom. The van der Waals surface area contributed by atoms with E-state index in [4.69, 9.17) is 14.2 Å². The molecule has 1 atom stereocenters. The van der Waals surface area contributed by atoms with E-state index in [1.165, 1.54) is 5.56 Å². The molecule has 50 heavy (non-hydrogen) atoms. The van der Waals surface area contributed by atoms with E-state index in [-0.39, 0.29) is 12.0 Å². The number of piperazine rings is 1. The maximum absolute atomic E-state index is 13.2. The smallest absolute Gasteiger partial charge is 0.410 e. The summed E-state index contributed by atoms with van der Waals surface area (Å²) in [6, 6.07) is 8.36. The quantitative estimate of drug-likeness (QED) is 0.305. The summed E-state index contributed by atoms with van der Waals surface area (Å²) >= 11 is 0. The Hall–Kier alpha value is -3.32. The van der Waals surface area contributed by atoms with Gasteiger partial charge in [-0.15, -0.1) is 0 Å². The summed E-state index contributed by atoms with van der Waals surface area (Å²) in [5, 5.41) is 0. The molecule has 0 N–H and O–H groups in total. The molecule has 2 aromatic rings. The minimum absolute atomic E-state index is 0.179. The maximum atomic E-state index is 13.2. The van der Waals surface area contributed by atoms with E-state index in [9.17, 15) is 9.59 Å². The van der Waals surface area contributed by atoms with Crippen molar-refractivity contribution in [1.29, 1.82) is 0 Å². The molecule has 5 heterocycles. The molecule has 12 nitrogen and oxygen atoms in total. The number of fused-ring (bicyclic) bond motifs is 1. The average molecular weight is 692 g/mol. The molecule has 2 amide bonds. The second-order valence-electron chi connectivity index (χ2n) is 15.4. The Bertz CT molecular complexity index is 1380. The van der Waals surface area contributed by atoms with E-state index < -0.39 is 5.60 Å². The van der Waals surface area contributed by atoms with Crippen LogP contribution in [0.15, 0.2) is 36.8 Å². The van der Waals surface area contributed by atoms with E-state index in [2.05, 4.69) is 42.9 Å². The summed E-state index contributed by atoms with van der Waals surface area (Å²) in [6.07, 6.45) is 7.44. The monoisotopic (exact) mass is 691 g/mol. The number of likely N-dealkylation sites (tertiary alicyclic amines) is 2. The standard InChI is InChI=1S/C38H57N7O5/c1-38(2,3)50-37(47)44-12-9-30(10-13-44)24-42-16-14-41(15-17-42)18-19-48-20-21-49-34-8-4-6-31(22-34)32-7-5-11-45(26-32)36(46)28-43-25-33-23-39-29-40-35(33)27-43/h4,6,8,22-23,29-30,32H,5,7,9-21,24-28H2,1-3H3/t32-/m0/s1. The van der Waals surface area contributed by atoms with Crippen molar-refractivity contribution in [2.24, 2.45) is 5.92 Å². The Morgan fingerprint density at radius 3 is 2.46 bits per heavy atom. The number of piperidine rings is 2. The van der Waals surface area contributed by atoms with Gasteiger partial charge in [-0.05, 0) is 70.1 Å². The lowest BCUT2D eigenvalue weighted by Gasteiger charge is -2.39. The van der Waals surface area contributed by atoms with Crippen LogP contribution in [0.5, 0.6) is 5.75 Å². The number of amides is 2. The van der Waals surface area contributed by atoms with Crippen molar-refractivity contribution in [3.05, 3.63) is 53.6 Å². The SMILES string of the molecule is CC(C)(C)OC(=O)N1CCC(CN2CCN(CCOCCOc3cccc([C@H]4CCCN(C(=O)CN5Cc6cncnc6C5)C4)c3)CC2)CC1. The summed E-state index contributed by atoms with van der Waals surface area (Å²) in [7, 11) is 0. The van der Waals surface area contributed by atoms with Gasteiger partial charge in [0.1, 0.15) is 24.3 Å². The number of carbonyl (C=O) groups is 2. The van der Waals surface area contributed by atoms with Crippen LogP contribution in [-0.4, -0.2) is 144 Å². The van der Waals surface area contributed by atoms with E-state index in [1.54, 1.807) is 6.33 Å². The first-order chi connectivity index (χ1) is 24.2. The van der Waals surface area contributed by atoms with Gasteiger partial charge in [-0.3, -0.25) is 14.6 Å². The van der Waals surface area contributed by atoms with E-state index >= 15 is 0 Å². The molecule has 1 aromatic carbocycles. The highest BCUT2D eigenvalue weighted by atomic mass is 16.6. The lowest BCUT2D eigenvalue weighted by Crippen LogP contribution is -2.50. The highest BCUT2D eigenvalue weighted by Crippen LogP contribution is 2.30. The molecule has 0 spiro atoms. The summed E-state index contributed by atoms with van der Waals surface area (Å²) in [5.74, 6) is 2.01. The molecule has 3 saturated heterocycles. The van der Waals surface area contributed by atoms with Crippen molar-refractivity contribution in [1.82, 2.24) is 34.5 Å². The zero-order valence-electron chi connectivity index (χ0n) is 30.4. The lowest BCUT2D eigenvalue weighted by atomic mass is 9.90. The van der Waals surface area contributed by atoms with Crippen molar-refractivity contribution >= 4 is 12.0 Å². The van der Waals surface area contributed by atoms with Gasteiger partial charge in [0.25, 0.3) is 0 Å². The predicted molar refractivity (Wildman–Crippen MR) is 191 cm³/mol. The molecule has 12 heteroatoms. The van der Waals surface area contributed by atoms with Crippen molar-refractivity contribution < 1.29 is 23.8 Å². The largest absolute Gasteiger partial charge is 0.491 e. The van der Waals surface area contributed by atoms with E-state index in [1.807, 2.05) is 42.8 Å². The van der Waals surface area contributed by atoms with Crippen molar-refractivity contribution in [2.75, 3.05) is 91.8 Å². The van der Waals surface area contributed by atoms with Gasteiger partial charge >= 0.3 is 6.09 Å². The number of aromatic nitrogens is 2. The van der Waals surface area contributed by atoms with Crippen molar-refractivity contribution in [3.63, 3.8) is 0 Å². The molecule has 6 rings (SSSR count). The first kappa shape index (κ1) is 36.5.